The highest BCUT2D eigenvalue weighted by Gasteiger charge is 2.59. The normalized spacial score (nSPS) is 26.0. The van der Waals surface area contributed by atoms with Gasteiger partial charge in [0.25, 0.3) is 0 Å². The van der Waals surface area contributed by atoms with Gasteiger partial charge in [-0.25, -0.2) is 4.79 Å². The molecule has 0 bridgehead atoms. The van der Waals surface area contributed by atoms with Crippen molar-refractivity contribution in [1.29, 1.82) is 0 Å². The summed E-state index contributed by atoms with van der Waals surface area (Å²) in [5.74, 6) is -1.49. The maximum Gasteiger partial charge on any atom is 0.422 e. The Hall–Kier alpha value is -3.03. The third kappa shape index (κ3) is 6.44. The third-order valence-corrected chi connectivity index (χ3v) is 8.79. The van der Waals surface area contributed by atoms with Crippen LogP contribution in [0.25, 0.3) is 0 Å². The number of hydrogen-bond donors (Lipinski definition) is 2. The average molecular weight is 614 g/mol. The molecule has 1 aromatic rings. The Bertz CT molecular complexity index is 1280. The molecular weight excluding hydrogens is 575 g/mol. The Morgan fingerprint density at radius 1 is 1.12 bits per heavy atom. The van der Waals surface area contributed by atoms with Crippen LogP contribution in [0.1, 0.15) is 69.4 Å². The van der Waals surface area contributed by atoms with Gasteiger partial charge >= 0.3 is 18.1 Å². The Labute approximate surface area is 247 Å². The highest BCUT2D eigenvalue weighted by Crippen LogP contribution is 2.55. The second-order valence-corrected chi connectivity index (χ2v) is 12.4. The zero-order valence-electron chi connectivity index (χ0n) is 24.5. The summed E-state index contributed by atoms with van der Waals surface area (Å²) in [6.45, 7) is 2.87. The quantitative estimate of drug-likeness (QED) is 0.379. The molecule has 4 unspecified atom stereocenters. The highest BCUT2D eigenvalue weighted by molar-refractivity contribution is 5.86. The number of fused-ring (bicyclic) bond motifs is 3. The summed E-state index contributed by atoms with van der Waals surface area (Å²) in [6.07, 6.45) is -2.64. The Balaban J connectivity index is 1.47. The molecule has 1 aromatic carbocycles. The van der Waals surface area contributed by atoms with E-state index in [4.69, 9.17) is 18.9 Å². The highest BCUT2D eigenvalue weighted by atomic mass is 19.4. The van der Waals surface area contributed by atoms with E-state index in [-0.39, 0.29) is 26.1 Å². The first kappa shape index (κ1) is 31.4. The third-order valence-electron chi connectivity index (χ3n) is 8.79. The largest absolute Gasteiger partial charge is 0.497 e. The van der Waals surface area contributed by atoms with Crippen LogP contribution in [0, 0.1) is 0 Å². The van der Waals surface area contributed by atoms with Crippen LogP contribution < -0.4 is 9.47 Å². The molecule has 0 amide bonds. The van der Waals surface area contributed by atoms with Gasteiger partial charge in [0.2, 0.25) is 6.79 Å². The molecular formula is C30H38F3NO9. The molecule has 5 rings (SSSR count). The first-order chi connectivity index (χ1) is 20.1. The monoisotopic (exact) mass is 613 g/mol. The molecule has 1 saturated heterocycles. The second-order valence-electron chi connectivity index (χ2n) is 12.4. The molecule has 3 aliphatic heterocycles. The number of ether oxygens (including phenoxy) is 5. The number of hydrogen-bond acceptors (Lipinski definition) is 10. The number of methoxy groups -OCH3 is 1. The van der Waals surface area contributed by atoms with Crippen LogP contribution in [-0.4, -0.2) is 89.7 Å². The first-order valence-electron chi connectivity index (χ1n) is 14.5. The standard InChI is InChI=1S/C30H38F3NO9/c1-27(2,37)7-4-9-29(38,15-23(35)40-16-30(31,32)33)26(36)43-25-22(39-3)14-28-8-5-10-34(28)11-6-18-12-20-21(42-17-41-20)13-19(18)24(25)28/h12-14,24-25,37-38H,4-11,15-17H2,1-3H3. The van der Waals surface area contributed by atoms with Crippen LogP contribution in [0.5, 0.6) is 11.5 Å². The predicted molar refractivity (Wildman–Crippen MR) is 144 cm³/mol. The molecule has 0 radical (unpaired) electrons. The van der Waals surface area contributed by atoms with E-state index < -0.39 is 59.9 Å². The van der Waals surface area contributed by atoms with E-state index >= 15 is 0 Å². The molecule has 4 aliphatic rings. The van der Waals surface area contributed by atoms with Crippen LogP contribution in [0.4, 0.5) is 13.2 Å². The van der Waals surface area contributed by atoms with E-state index in [1.54, 1.807) is 0 Å². The lowest BCUT2D eigenvalue weighted by molar-refractivity contribution is -0.193. The van der Waals surface area contributed by atoms with Crippen molar-refractivity contribution < 1.29 is 56.7 Å². The van der Waals surface area contributed by atoms with Gasteiger partial charge in [-0.1, -0.05) is 0 Å². The van der Waals surface area contributed by atoms with E-state index in [2.05, 4.69) is 9.64 Å². The zero-order chi connectivity index (χ0) is 31.2. The maximum absolute atomic E-state index is 13.8. The van der Waals surface area contributed by atoms with Crippen molar-refractivity contribution in [2.24, 2.45) is 0 Å². The Morgan fingerprint density at radius 2 is 1.84 bits per heavy atom. The first-order valence-corrected chi connectivity index (χ1v) is 14.5. The number of carbonyl (C=O) groups excluding carboxylic acids is 2. The summed E-state index contributed by atoms with van der Waals surface area (Å²) < 4.78 is 65.4. The summed E-state index contributed by atoms with van der Waals surface area (Å²) in [7, 11) is 1.46. The summed E-state index contributed by atoms with van der Waals surface area (Å²) in [4.78, 5) is 28.6. The molecule has 1 spiro atoms. The predicted octanol–water partition coefficient (Wildman–Crippen LogP) is 3.51. The fourth-order valence-electron chi connectivity index (χ4n) is 6.85. The summed E-state index contributed by atoms with van der Waals surface area (Å²) >= 11 is 0. The molecule has 13 heteroatoms. The van der Waals surface area contributed by atoms with Gasteiger partial charge in [0.1, 0.15) is 5.76 Å². The van der Waals surface area contributed by atoms with Crippen molar-refractivity contribution in [2.75, 3.05) is 33.6 Å². The minimum Gasteiger partial charge on any atom is -0.497 e. The van der Waals surface area contributed by atoms with Crippen molar-refractivity contribution >= 4 is 11.9 Å². The van der Waals surface area contributed by atoms with Crippen LogP contribution in [-0.2, 0) is 30.2 Å². The van der Waals surface area contributed by atoms with E-state index in [0.717, 1.165) is 37.1 Å². The Morgan fingerprint density at radius 3 is 2.51 bits per heavy atom. The molecule has 4 atom stereocenters. The lowest BCUT2D eigenvalue weighted by atomic mass is 9.77. The van der Waals surface area contributed by atoms with E-state index in [9.17, 15) is 33.0 Å². The SMILES string of the molecule is COC1=CC23CCCN2CCc2cc4c(cc2C3C1OC(=O)C(O)(CCCC(C)(C)O)CC(=O)OCC(F)(F)F)OCO4. The number of halogens is 3. The molecule has 0 aromatic heterocycles. The number of esters is 2. The number of nitrogens with zero attached hydrogens (tertiary/aromatic N) is 1. The minimum atomic E-state index is -4.78. The maximum atomic E-state index is 13.8. The van der Waals surface area contributed by atoms with Crippen molar-refractivity contribution in [3.8, 4) is 11.5 Å². The van der Waals surface area contributed by atoms with E-state index in [1.807, 2.05) is 18.2 Å². The van der Waals surface area contributed by atoms with Crippen molar-refractivity contribution in [2.45, 2.75) is 93.7 Å². The van der Waals surface area contributed by atoms with Crippen LogP contribution in [0.2, 0.25) is 0 Å². The molecule has 1 aliphatic carbocycles. The lowest BCUT2D eigenvalue weighted by Crippen LogP contribution is -2.49. The van der Waals surface area contributed by atoms with Gasteiger partial charge in [0.05, 0.1) is 30.6 Å². The van der Waals surface area contributed by atoms with Crippen LogP contribution >= 0.6 is 0 Å². The average Bonchev–Trinajstić information content (AvgIpc) is 3.60. The molecule has 43 heavy (non-hydrogen) atoms. The number of carbonyl (C=O) groups is 2. The molecule has 1 fully saturated rings. The van der Waals surface area contributed by atoms with E-state index in [0.29, 0.717) is 23.7 Å². The zero-order valence-corrected chi connectivity index (χ0v) is 24.5. The molecule has 2 N–H and O–H groups in total. The fraction of sp³-hybridized carbons (Fsp3) is 0.667. The van der Waals surface area contributed by atoms with Crippen molar-refractivity contribution in [1.82, 2.24) is 4.90 Å². The minimum absolute atomic E-state index is 0.0761. The molecule has 3 heterocycles. The van der Waals surface area contributed by atoms with Gasteiger partial charge in [0, 0.05) is 6.54 Å². The Kier molecular flexibility index (Phi) is 8.38. The fourth-order valence-corrected chi connectivity index (χ4v) is 6.85. The number of alkyl halides is 3. The van der Waals surface area contributed by atoms with Gasteiger partial charge in [-0.15, -0.1) is 0 Å². The van der Waals surface area contributed by atoms with Crippen molar-refractivity contribution in [3.05, 3.63) is 35.1 Å². The van der Waals surface area contributed by atoms with Gasteiger partial charge in [0.15, 0.2) is 29.8 Å². The lowest BCUT2D eigenvalue weighted by Gasteiger charge is -2.39. The number of aliphatic hydroxyl groups is 2. The van der Waals surface area contributed by atoms with E-state index in [1.165, 1.54) is 21.0 Å². The summed E-state index contributed by atoms with van der Waals surface area (Å²) in [6, 6.07) is 3.82. The topological polar surface area (TPSA) is 124 Å². The molecule has 0 saturated carbocycles. The van der Waals surface area contributed by atoms with Gasteiger partial charge < -0.3 is 33.9 Å². The smallest absolute Gasteiger partial charge is 0.422 e. The van der Waals surface area contributed by atoms with Crippen LogP contribution in [0.15, 0.2) is 24.0 Å². The molecule has 238 valence electrons. The number of rotatable bonds is 10. The second kappa shape index (κ2) is 11.5. The summed E-state index contributed by atoms with van der Waals surface area (Å²) in [5.41, 5.74) is -2.34. The summed E-state index contributed by atoms with van der Waals surface area (Å²) in [5, 5.41) is 21.7. The van der Waals surface area contributed by atoms with Crippen molar-refractivity contribution in [3.63, 3.8) is 0 Å². The van der Waals surface area contributed by atoms with Gasteiger partial charge in [-0.2, -0.15) is 13.2 Å². The number of benzene rings is 1. The molecule has 10 nitrogen and oxygen atoms in total. The van der Waals surface area contributed by atoms with Gasteiger partial charge in [-0.3, -0.25) is 9.69 Å². The van der Waals surface area contributed by atoms with Gasteiger partial charge in [-0.05, 0) is 88.3 Å². The van der Waals surface area contributed by atoms with Crippen LogP contribution in [0.3, 0.4) is 0 Å².